The Bertz CT molecular complexity index is 4080. The molecule has 11 aromatic rings. The van der Waals surface area contributed by atoms with E-state index in [-0.39, 0.29) is 45.8 Å². The highest BCUT2D eigenvalue weighted by atomic mass is 16.5. The third-order valence-electron chi connectivity index (χ3n) is 12.0. The highest BCUT2D eigenvalue weighted by Crippen LogP contribution is 2.49. The van der Waals surface area contributed by atoms with Crippen molar-refractivity contribution >= 4 is 32.8 Å². The quantitative estimate of drug-likeness (QED) is 0.128. The molecule has 5 heteroatoms. The first-order chi connectivity index (χ1) is 34.2. The standard InChI is InChI=1S/C58H42N4O/c1-58(2,3)38-32-33-59-56(34-38)62-51-26-11-10-23-47(51)48-31-30-41(36-55(48)62)63-40-17-14-16-39(35-40)60-37-61(53-28-13-12-27-52(53)60)54-29-15-25-50-46-21-7-6-20-44(46)42-18-4-5-19-43(42)45-22-8-9-24-49(45)57(50)54/h4-36H,1-3H3/i4D,5D,6D,7D,18D,19D,20D,21D. The molecule has 0 spiro atoms. The molecular formula is C58H42N4O. The normalized spacial score (nSPS) is 13.8. The summed E-state index contributed by atoms with van der Waals surface area (Å²) in [6.07, 6.45) is 5.50. The predicted molar refractivity (Wildman–Crippen MR) is 256 cm³/mol. The van der Waals surface area contributed by atoms with Crippen LogP contribution in [0.25, 0.3) is 94.5 Å². The number of nitrogens with zero attached hydrogens (tertiary/aromatic N) is 4. The van der Waals surface area contributed by atoms with E-state index >= 15 is 0 Å². The summed E-state index contributed by atoms with van der Waals surface area (Å²) < 4.78 is 85.1. The zero-order chi connectivity index (χ0) is 49.2. The summed E-state index contributed by atoms with van der Waals surface area (Å²) in [5.41, 5.74) is 8.60. The molecule has 5 nitrogen and oxygen atoms in total. The highest BCUT2D eigenvalue weighted by Gasteiger charge is 2.25. The van der Waals surface area contributed by atoms with Gasteiger partial charge in [-0.25, -0.2) is 4.98 Å². The molecule has 8 aromatic carbocycles. The Kier molecular flexibility index (Phi) is 6.64. The van der Waals surface area contributed by atoms with Gasteiger partial charge in [0.15, 0.2) is 0 Å². The van der Waals surface area contributed by atoms with E-state index in [2.05, 4.69) is 74.1 Å². The lowest BCUT2D eigenvalue weighted by molar-refractivity contribution is -0.571. The van der Waals surface area contributed by atoms with Crippen molar-refractivity contribution in [3.05, 3.63) is 212 Å². The van der Waals surface area contributed by atoms with Crippen molar-refractivity contribution in [1.29, 1.82) is 0 Å². The third-order valence-corrected chi connectivity index (χ3v) is 12.0. The van der Waals surface area contributed by atoms with E-state index in [1.54, 1.807) is 12.1 Å². The summed E-state index contributed by atoms with van der Waals surface area (Å²) in [7, 11) is 0. The van der Waals surface area contributed by atoms with Crippen molar-refractivity contribution in [3.63, 3.8) is 0 Å². The molecule has 0 fully saturated rings. The summed E-state index contributed by atoms with van der Waals surface area (Å²) in [6.45, 7) is 6.59. The molecule has 3 aromatic heterocycles. The molecule has 0 N–H and O–H groups in total. The van der Waals surface area contributed by atoms with Crippen LogP contribution in [-0.2, 0) is 5.41 Å². The second-order valence-electron chi connectivity index (χ2n) is 16.8. The lowest BCUT2D eigenvalue weighted by Gasteiger charge is -2.25. The Morgan fingerprint density at radius 3 is 1.98 bits per heavy atom. The molecule has 12 rings (SSSR count). The van der Waals surface area contributed by atoms with Crippen LogP contribution in [0.4, 0.5) is 0 Å². The van der Waals surface area contributed by atoms with Gasteiger partial charge in [-0.1, -0.05) is 154 Å². The molecule has 0 radical (unpaired) electrons. The fourth-order valence-corrected chi connectivity index (χ4v) is 9.06. The number of benzene rings is 8. The monoisotopic (exact) mass is 818 g/mol. The van der Waals surface area contributed by atoms with Crippen LogP contribution in [0.3, 0.4) is 0 Å². The van der Waals surface area contributed by atoms with Crippen molar-refractivity contribution in [1.82, 2.24) is 14.1 Å². The Morgan fingerprint density at radius 1 is 0.556 bits per heavy atom. The number of fused-ring (bicyclic) bond motifs is 12. The SMILES string of the molecule is [2H]c1c([2H])c([2H])c2c(c1[2H])-c1ccccc1-c1c(cccc1-[n+]1[c-]n(-c3cccc(Oc4ccc5c6ccccc6n(-c6cc(C(C)(C)C)ccn6)c5c4)c3)c3ccccc31)-c1c([2H])c([2H])c([2H])c([2H])c1-2. The fourth-order valence-electron chi connectivity index (χ4n) is 9.06. The van der Waals surface area contributed by atoms with E-state index < -0.39 is 30.2 Å². The maximum atomic E-state index is 9.40. The van der Waals surface area contributed by atoms with E-state index in [0.29, 0.717) is 39.4 Å². The molecule has 0 aliphatic heterocycles. The van der Waals surface area contributed by atoms with Crippen LogP contribution in [-0.4, -0.2) is 14.1 Å². The minimum atomic E-state index is -0.501. The summed E-state index contributed by atoms with van der Waals surface area (Å²) in [5, 5.41) is 2.19. The van der Waals surface area contributed by atoms with Crippen molar-refractivity contribution in [2.75, 3.05) is 0 Å². The lowest BCUT2D eigenvalue weighted by atomic mass is 9.80. The van der Waals surface area contributed by atoms with E-state index in [1.165, 1.54) is 5.56 Å². The third kappa shape index (κ3) is 5.99. The van der Waals surface area contributed by atoms with Gasteiger partial charge in [-0.3, -0.25) is 13.7 Å². The van der Waals surface area contributed by atoms with E-state index in [0.717, 1.165) is 44.3 Å². The van der Waals surface area contributed by atoms with Crippen molar-refractivity contribution < 1.29 is 20.3 Å². The molecule has 0 saturated heterocycles. The molecule has 0 bridgehead atoms. The first kappa shape index (κ1) is 29.3. The average molecular weight is 819 g/mol. The Balaban J connectivity index is 1.03. The Labute approximate surface area is 377 Å². The van der Waals surface area contributed by atoms with Gasteiger partial charge in [0.05, 0.1) is 44.4 Å². The van der Waals surface area contributed by atoms with Crippen LogP contribution in [0, 0.1) is 6.33 Å². The van der Waals surface area contributed by atoms with Crippen LogP contribution in [0.15, 0.2) is 200 Å². The van der Waals surface area contributed by atoms with Crippen LogP contribution in [0.2, 0.25) is 0 Å². The van der Waals surface area contributed by atoms with Gasteiger partial charge in [-0.2, -0.15) is 0 Å². The van der Waals surface area contributed by atoms with Crippen LogP contribution in [0.1, 0.15) is 37.3 Å². The topological polar surface area (TPSA) is 35.9 Å². The molecule has 0 unspecified atom stereocenters. The van der Waals surface area contributed by atoms with Gasteiger partial charge in [-0.15, -0.1) is 0 Å². The maximum absolute atomic E-state index is 9.40. The van der Waals surface area contributed by atoms with Crippen LogP contribution < -0.4 is 9.30 Å². The number of hydrogen-bond donors (Lipinski definition) is 0. The second kappa shape index (κ2) is 14.3. The number of para-hydroxylation sites is 3. The largest absolute Gasteiger partial charge is 0.458 e. The maximum Gasteiger partial charge on any atom is 0.269 e. The summed E-state index contributed by atoms with van der Waals surface area (Å²) >= 11 is 0. The smallest absolute Gasteiger partial charge is 0.269 e. The zero-order valence-corrected chi connectivity index (χ0v) is 34.6. The summed E-state index contributed by atoms with van der Waals surface area (Å²) in [5.74, 6) is 2.07. The Morgan fingerprint density at radius 2 is 1.19 bits per heavy atom. The number of pyridine rings is 1. The van der Waals surface area contributed by atoms with Gasteiger partial charge >= 0.3 is 0 Å². The first-order valence-electron chi connectivity index (χ1n) is 24.9. The second-order valence-corrected chi connectivity index (χ2v) is 16.8. The number of rotatable bonds is 5. The van der Waals surface area contributed by atoms with E-state index in [1.807, 2.05) is 106 Å². The highest BCUT2D eigenvalue weighted by molar-refractivity contribution is 6.09. The minimum absolute atomic E-state index is 0.00569. The van der Waals surface area contributed by atoms with Gasteiger partial charge in [0.25, 0.3) is 6.33 Å². The number of aromatic nitrogens is 4. The molecule has 3 heterocycles. The lowest BCUT2D eigenvalue weighted by Crippen LogP contribution is -2.30. The number of imidazole rings is 1. The molecule has 1 aliphatic rings. The Hall–Kier alpha value is -8.02. The minimum Gasteiger partial charge on any atom is -0.458 e. The average Bonchev–Trinajstić information content (AvgIpc) is 3.93. The molecule has 0 saturated carbocycles. The molecule has 63 heavy (non-hydrogen) atoms. The molecule has 0 amide bonds. The fraction of sp³-hybridized carbons (Fsp3) is 0.0690. The first-order valence-corrected chi connectivity index (χ1v) is 20.9. The predicted octanol–water partition coefficient (Wildman–Crippen LogP) is 14.3. The molecule has 1 aliphatic carbocycles. The number of ether oxygens (including phenoxy) is 1. The molecule has 0 atom stereocenters. The van der Waals surface area contributed by atoms with Crippen molar-refractivity contribution in [3.8, 4) is 73.2 Å². The molecule has 300 valence electrons. The van der Waals surface area contributed by atoms with Crippen LogP contribution in [0.5, 0.6) is 11.5 Å². The number of hydrogen-bond acceptors (Lipinski definition) is 2. The van der Waals surface area contributed by atoms with Crippen molar-refractivity contribution in [2.24, 2.45) is 0 Å². The van der Waals surface area contributed by atoms with Gasteiger partial charge in [0.2, 0.25) is 0 Å². The molecular weight excluding hydrogens is 769 g/mol. The summed E-state index contributed by atoms with van der Waals surface area (Å²) in [6, 6.07) is 44.0. The van der Waals surface area contributed by atoms with Gasteiger partial charge in [-0.05, 0) is 105 Å². The van der Waals surface area contributed by atoms with Crippen molar-refractivity contribution in [2.45, 2.75) is 26.2 Å². The van der Waals surface area contributed by atoms with Crippen LogP contribution >= 0.6 is 0 Å². The summed E-state index contributed by atoms with van der Waals surface area (Å²) in [4.78, 5) is 4.85. The van der Waals surface area contributed by atoms with E-state index in [9.17, 15) is 5.48 Å². The van der Waals surface area contributed by atoms with Gasteiger partial charge < -0.3 is 4.74 Å². The van der Waals surface area contributed by atoms with Gasteiger partial charge in [0, 0.05) is 28.6 Å². The van der Waals surface area contributed by atoms with E-state index in [4.69, 9.17) is 15.2 Å². The van der Waals surface area contributed by atoms with Gasteiger partial charge in [0.1, 0.15) is 17.3 Å². The zero-order valence-electron chi connectivity index (χ0n) is 42.6.